The summed E-state index contributed by atoms with van der Waals surface area (Å²) < 4.78 is 4.85. The summed E-state index contributed by atoms with van der Waals surface area (Å²) in [5.41, 5.74) is 3.89. The number of rotatable bonds is 5. The van der Waals surface area contributed by atoms with Crippen LogP contribution >= 0.6 is 0 Å². The van der Waals surface area contributed by atoms with Gasteiger partial charge in [0.25, 0.3) is 0 Å². The van der Waals surface area contributed by atoms with Crippen LogP contribution in [0.5, 0.6) is 0 Å². The van der Waals surface area contributed by atoms with E-state index in [0.717, 1.165) is 6.54 Å². The third-order valence-electron chi connectivity index (χ3n) is 4.28. The zero-order valence-electron chi connectivity index (χ0n) is 12.8. The zero-order valence-corrected chi connectivity index (χ0v) is 12.8. The van der Waals surface area contributed by atoms with Crippen molar-refractivity contribution in [3.05, 3.63) is 34.9 Å². The lowest BCUT2D eigenvalue weighted by Gasteiger charge is -2.28. The monoisotopic (exact) mass is 275 g/mol. The van der Waals surface area contributed by atoms with Gasteiger partial charge in [0.2, 0.25) is 0 Å². The van der Waals surface area contributed by atoms with Crippen LogP contribution in [0.15, 0.2) is 18.2 Å². The number of ether oxygens (including phenoxy) is 1. The third-order valence-corrected chi connectivity index (χ3v) is 4.28. The van der Waals surface area contributed by atoms with Crippen molar-refractivity contribution in [3.8, 4) is 0 Å². The second kappa shape index (κ2) is 6.89. The number of aryl methyl sites for hydroxylation is 2. The van der Waals surface area contributed by atoms with Gasteiger partial charge >= 0.3 is 5.97 Å². The van der Waals surface area contributed by atoms with Crippen molar-refractivity contribution in [2.75, 3.05) is 13.7 Å². The Bertz CT molecular complexity index is 464. The Morgan fingerprint density at radius 2 is 2.00 bits per heavy atom. The summed E-state index contributed by atoms with van der Waals surface area (Å²) in [4.78, 5) is 13.9. The fraction of sp³-hybridized carbons (Fsp3) is 0.588. The van der Waals surface area contributed by atoms with E-state index in [9.17, 15) is 4.79 Å². The molecule has 1 aliphatic carbocycles. The maximum absolute atomic E-state index is 11.7. The fourth-order valence-corrected chi connectivity index (χ4v) is 3.00. The lowest BCUT2D eigenvalue weighted by molar-refractivity contribution is -0.142. The molecule has 0 bridgehead atoms. The maximum Gasteiger partial charge on any atom is 0.319 e. The van der Waals surface area contributed by atoms with Crippen LogP contribution in [-0.2, 0) is 16.1 Å². The summed E-state index contributed by atoms with van der Waals surface area (Å²) >= 11 is 0. The van der Waals surface area contributed by atoms with Gasteiger partial charge in [0.05, 0.1) is 13.7 Å². The fourth-order valence-electron chi connectivity index (χ4n) is 3.00. The quantitative estimate of drug-likeness (QED) is 0.773. The molecule has 1 aromatic carbocycles. The molecular weight excluding hydrogens is 250 g/mol. The molecule has 110 valence electrons. The molecule has 0 atom stereocenters. The molecule has 1 aliphatic rings. The highest BCUT2D eigenvalue weighted by atomic mass is 16.5. The van der Waals surface area contributed by atoms with Gasteiger partial charge in [-0.05, 0) is 37.8 Å². The number of carbonyl (C=O) groups excluding carboxylic acids is 1. The highest BCUT2D eigenvalue weighted by Crippen LogP contribution is 2.25. The zero-order chi connectivity index (χ0) is 14.5. The Balaban J connectivity index is 2.13. The van der Waals surface area contributed by atoms with Crippen molar-refractivity contribution in [1.82, 2.24) is 4.90 Å². The summed E-state index contributed by atoms with van der Waals surface area (Å²) in [7, 11) is 1.47. The number of esters is 1. The van der Waals surface area contributed by atoms with Gasteiger partial charge in [-0.3, -0.25) is 9.69 Å². The van der Waals surface area contributed by atoms with Crippen LogP contribution in [-0.4, -0.2) is 30.6 Å². The Kier molecular flexibility index (Phi) is 5.18. The molecule has 1 saturated carbocycles. The molecule has 0 aromatic heterocycles. The number of methoxy groups -OCH3 is 1. The Labute approximate surface area is 121 Å². The Hall–Kier alpha value is -1.35. The van der Waals surface area contributed by atoms with E-state index in [1.165, 1.54) is 49.5 Å². The van der Waals surface area contributed by atoms with Gasteiger partial charge in [0, 0.05) is 12.6 Å². The topological polar surface area (TPSA) is 29.5 Å². The first-order valence-electron chi connectivity index (χ1n) is 7.47. The molecule has 0 spiro atoms. The van der Waals surface area contributed by atoms with Gasteiger partial charge in [-0.1, -0.05) is 36.6 Å². The first-order chi connectivity index (χ1) is 9.60. The van der Waals surface area contributed by atoms with E-state index in [0.29, 0.717) is 12.6 Å². The van der Waals surface area contributed by atoms with E-state index in [-0.39, 0.29) is 5.97 Å². The Morgan fingerprint density at radius 1 is 1.30 bits per heavy atom. The van der Waals surface area contributed by atoms with Gasteiger partial charge in [0.1, 0.15) is 0 Å². The van der Waals surface area contributed by atoms with Crippen molar-refractivity contribution in [2.24, 2.45) is 0 Å². The predicted molar refractivity (Wildman–Crippen MR) is 80.6 cm³/mol. The highest BCUT2D eigenvalue weighted by Gasteiger charge is 2.25. The molecular formula is C17H25NO2. The third kappa shape index (κ3) is 3.83. The SMILES string of the molecule is COC(=O)CN(Cc1cc(C)ccc1C)C1CCCC1. The number of carbonyl (C=O) groups is 1. The smallest absolute Gasteiger partial charge is 0.319 e. The molecule has 0 N–H and O–H groups in total. The molecule has 0 radical (unpaired) electrons. The molecule has 1 fully saturated rings. The summed E-state index contributed by atoms with van der Waals surface area (Å²) in [5.74, 6) is -0.137. The first kappa shape index (κ1) is 15.0. The van der Waals surface area contributed by atoms with Crippen LogP contribution in [0.1, 0.15) is 42.4 Å². The van der Waals surface area contributed by atoms with Crippen LogP contribution in [0, 0.1) is 13.8 Å². The molecule has 1 aromatic rings. The number of benzene rings is 1. The highest BCUT2D eigenvalue weighted by molar-refractivity contribution is 5.71. The molecule has 0 amide bonds. The average molecular weight is 275 g/mol. The van der Waals surface area contributed by atoms with Crippen LogP contribution < -0.4 is 0 Å². The van der Waals surface area contributed by atoms with Crippen molar-refractivity contribution >= 4 is 5.97 Å². The maximum atomic E-state index is 11.7. The summed E-state index contributed by atoms with van der Waals surface area (Å²) in [6.07, 6.45) is 4.94. The molecule has 0 saturated heterocycles. The minimum Gasteiger partial charge on any atom is -0.468 e. The molecule has 3 nitrogen and oxygen atoms in total. The molecule has 0 unspecified atom stereocenters. The molecule has 3 heteroatoms. The van der Waals surface area contributed by atoms with Crippen LogP contribution in [0.2, 0.25) is 0 Å². The van der Waals surface area contributed by atoms with Crippen molar-refractivity contribution in [3.63, 3.8) is 0 Å². The molecule has 0 aliphatic heterocycles. The van der Waals surface area contributed by atoms with Crippen molar-refractivity contribution in [2.45, 2.75) is 52.1 Å². The van der Waals surface area contributed by atoms with E-state index in [4.69, 9.17) is 4.74 Å². The summed E-state index contributed by atoms with van der Waals surface area (Å²) in [6.45, 7) is 5.49. The normalized spacial score (nSPS) is 15.8. The lowest BCUT2D eigenvalue weighted by atomic mass is 10.0. The van der Waals surface area contributed by atoms with Crippen molar-refractivity contribution in [1.29, 1.82) is 0 Å². The minimum absolute atomic E-state index is 0.137. The van der Waals surface area contributed by atoms with Crippen LogP contribution in [0.4, 0.5) is 0 Å². The number of hydrogen-bond donors (Lipinski definition) is 0. The number of hydrogen-bond acceptors (Lipinski definition) is 3. The molecule has 0 heterocycles. The standard InChI is InChI=1S/C17H25NO2/c1-13-8-9-14(2)15(10-13)11-18(12-17(19)20-3)16-6-4-5-7-16/h8-10,16H,4-7,11-12H2,1-3H3. The first-order valence-corrected chi connectivity index (χ1v) is 7.47. The summed E-state index contributed by atoms with van der Waals surface area (Å²) in [5, 5.41) is 0. The average Bonchev–Trinajstić information content (AvgIpc) is 2.96. The second-order valence-corrected chi connectivity index (χ2v) is 5.85. The van der Waals surface area contributed by atoms with Gasteiger partial charge in [-0.15, -0.1) is 0 Å². The number of nitrogens with zero attached hydrogens (tertiary/aromatic N) is 1. The minimum atomic E-state index is -0.137. The molecule has 20 heavy (non-hydrogen) atoms. The van der Waals surface area contributed by atoms with Crippen LogP contribution in [0.25, 0.3) is 0 Å². The van der Waals surface area contributed by atoms with Crippen molar-refractivity contribution < 1.29 is 9.53 Å². The Morgan fingerprint density at radius 3 is 2.65 bits per heavy atom. The van der Waals surface area contributed by atoms with Gasteiger partial charge in [-0.25, -0.2) is 0 Å². The van der Waals surface area contributed by atoms with Crippen LogP contribution in [0.3, 0.4) is 0 Å². The lowest BCUT2D eigenvalue weighted by Crippen LogP contribution is -2.37. The van der Waals surface area contributed by atoms with Gasteiger partial charge in [-0.2, -0.15) is 0 Å². The summed E-state index contributed by atoms with van der Waals surface area (Å²) in [6, 6.07) is 7.05. The van der Waals surface area contributed by atoms with E-state index >= 15 is 0 Å². The van der Waals surface area contributed by atoms with E-state index < -0.39 is 0 Å². The predicted octanol–water partition coefficient (Wildman–Crippen LogP) is 3.22. The second-order valence-electron chi connectivity index (χ2n) is 5.85. The largest absolute Gasteiger partial charge is 0.468 e. The van der Waals surface area contributed by atoms with E-state index in [1.54, 1.807) is 0 Å². The van der Waals surface area contributed by atoms with E-state index in [1.807, 2.05) is 0 Å². The van der Waals surface area contributed by atoms with Gasteiger partial charge in [0.15, 0.2) is 0 Å². The molecule has 2 rings (SSSR count). The van der Waals surface area contributed by atoms with Gasteiger partial charge < -0.3 is 4.74 Å². The van der Waals surface area contributed by atoms with E-state index in [2.05, 4.69) is 36.9 Å².